The van der Waals surface area contributed by atoms with Crippen molar-refractivity contribution in [3.63, 3.8) is 0 Å². The summed E-state index contributed by atoms with van der Waals surface area (Å²) in [5.74, 6) is 0.357. The molecule has 1 aliphatic rings. The third-order valence-electron chi connectivity index (χ3n) is 6.41. The van der Waals surface area contributed by atoms with E-state index in [1.165, 1.54) is 24.0 Å². The number of nitrogens with zero attached hydrogens (tertiary/aromatic N) is 5. The molecule has 8 heteroatoms. The van der Waals surface area contributed by atoms with E-state index in [1.54, 1.807) is 12.1 Å². The highest BCUT2D eigenvalue weighted by Gasteiger charge is 2.29. The summed E-state index contributed by atoms with van der Waals surface area (Å²) < 4.78 is 15.0. The van der Waals surface area contributed by atoms with Gasteiger partial charge in [0.2, 0.25) is 5.91 Å². The Bertz CT molecular complexity index is 1300. The topological polar surface area (TPSA) is 75.9 Å². The van der Waals surface area contributed by atoms with Crippen LogP contribution >= 0.6 is 0 Å². The minimum atomic E-state index is -0.285. The molecule has 1 saturated heterocycles. The van der Waals surface area contributed by atoms with Crippen molar-refractivity contribution in [2.24, 2.45) is 5.92 Å². The van der Waals surface area contributed by atoms with Crippen LogP contribution in [0, 0.1) is 18.7 Å². The van der Waals surface area contributed by atoms with Gasteiger partial charge in [-0.3, -0.25) is 4.79 Å². The number of carbonyl (C=O) groups is 1. The van der Waals surface area contributed by atoms with Gasteiger partial charge >= 0.3 is 0 Å². The van der Waals surface area contributed by atoms with E-state index in [0.29, 0.717) is 12.2 Å². The Balaban J connectivity index is 1.34. The number of anilines is 1. The molecule has 1 fully saturated rings. The maximum Gasteiger partial charge on any atom is 0.225 e. The molecule has 2 unspecified atom stereocenters. The van der Waals surface area contributed by atoms with Crippen molar-refractivity contribution >= 4 is 22.8 Å². The van der Waals surface area contributed by atoms with E-state index in [4.69, 9.17) is 0 Å². The smallest absolute Gasteiger partial charge is 0.225 e. The van der Waals surface area contributed by atoms with E-state index in [0.717, 1.165) is 41.8 Å². The number of amides is 1. The molecule has 4 aromatic rings. The number of nitrogens with one attached hydrogen (secondary N) is 1. The predicted molar refractivity (Wildman–Crippen MR) is 129 cm³/mol. The fourth-order valence-electron chi connectivity index (χ4n) is 4.46. The number of hydrogen-bond donors (Lipinski definition) is 1. The van der Waals surface area contributed by atoms with E-state index >= 15 is 0 Å². The summed E-state index contributed by atoms with van der Waals surface area (Å²) in [5.41, 5.74) is 3.65. The lowest BCUT2D eigenvalue weighted by Crippen LogP contribution is -2.44. The third-order valence-corrected chi connectivity index (χ3v) is 6.41. The molecule has 5 rings (SSSR count). The number of aromatic nitrogens is 4. The zero-order valence-corrected chi connectivity index (χ0v) is 19.3. The van der Waals surface area contributed by atoms with Gasteiger partial charge in [0, 0.05) is 19.3 Å². The first-order valence-corrected chi connectivity index (χ1v) is 11.6. The Morgan fingerprint density at radius 1 is 1.12 bits per heavy atom. The highest BCUT2D eigenvalue weighted by molar-refractivity contribution is 5.87. The molecule has 0 spiro atoms. The van der Waals surface area contributed by atoms with E-state index in [1.807, 2.05) is 29.9 Å². The Morgan fingerprint density at radius 2 is 1.88 bits per heavy atom. The third kappa shape index (κ3) is 4.48. The van der Waals surface area contributed by atoms with Gasteiger partial charge in [0.05, 0.1) is 23.0 Å². The molecule has 2 aromatic carbocycles. The number of rotatable bonds is 5. The molecular weight excluding hydrogens is 431 g/mol. The van der Waals surface area contributed by atoms with E-state index < -0.39 is 0 Å². The molecule has 0 aliphatic carbocycles. The van der Waals surface area contributed by atoms with E-state index in [2.05, 4.69) is 44.3 Å². The van der Waals surface area contributed by atoms with Gasteiger partial charge in [0.1, 0.15) is 18.0 Å². The molecule has 174 valence electrons. The minimum Gasteiger partial charge on any atom is -0.355 e. The fourth-order valence-corrected chi connectivity index (χ4v) is 4.46. The highest BCUT2D eigenvalue weighted by Crippen LogP contribution is 2.28. The summed E-state index contributed by atoms with van der Waals surface area (Å²) in [6.07, 6.45) is 5.19. The Kier molecular flexibility index (Phi) is 5.96. The van der Waals surface area contributed by atoms with Crippen molar-refractivity contribution in [2.45, 2.75) is 32.7 Å². The van der Waals surface area contributed by atoms with Gasteiger partial charge in [-0.2, -0.15) is 0 Å². The lowest BCUT2D eigenvalue weighted by molar-refractivity contribution is -0.125. The summed E-state index contributed by atoms with van der Waals surface area (Å²) >= 11 is 0. The summed E-state index contributed by atoms with van der Waals surface area (Å²) in [4.78, 5) is 24.1. The number of aryl methyl sites for hydroxylation is 1. The number of hydrogen-bond acceptors (Lipinski definition) is 5. The standard InChI is InChI=1S/C26H27FN6O/c1-17-5-11-22(12-6-17)33-15-23-24(31-33)28-16-29-25(23)32-13-3-4-20(14-32)26(34)30-18(2)19-7-9-21(27)10-8-19/h5-12,15-16,18,20H,3-4,13-14H2,1-2H3,(H,30,34). The molecule has 7 nitrogen and oxygen atoms in total. The second-order valence-corrected chi connectivity index (χ2v) is 8.91. The molecule has 2 atom stereocenters. The number of halogens is 1. The molecule has 1 amide bonds. The van der Waals surface area contributed by atoms with Crippen LogP contribution in [0.3, 0.4) is 0 Å². The van der Waals surface area contributed by atoms with Crippen LogP contribution in [0.5, 0.6) is 0 Å². The Labute approximate surface area is 197 Å². The summed E-state index contributed by atoms with van der Waals surface area (Å²) in [6.45, 7) is 5.36. The molecule has 0 radical (unpaired) electrons. The number of piperidine rings is 1. The Hall–Kier alpha value is -3.81. The lowest BCUT2D eigenvalue weighted by Gasteiger charge is -2.33. The highest BCUT2D eigenvalue weighted by atomic mass is 19.1. The van der Waals surface area contributed by atoms with Crippen LogP contribution in [0.15, 0.2) is 61.1 Å². The summed E-state index contributed by atoms with van der Waals surface area (Å²) in [6, 6.07) is 14.2. The molecule has 3 heterocycles. The molecule has 2 aromatic heterocycles. The van der Waals surface area contributed by atoms with Crippen LogP contribution < -0.4 is 10.2 Å². The van der Waals surface area contributed by atoms with E-state index in [9.17, 15) is 9.18 Å². The average molecular weight is 459 g/mol. The molecular formula is C26H27FN6O. The van der Waals surface area contributed by atoms with Crippen LogP contribution in [0.4, 0.5) is 10.2 Å². The largest absolute Gasteiger partial charge is 0.355 e. The Morgan fingerprint density at radius 3 is 2.65 bits per heavy atom. The quantitative estimate of drug-likeness (QED) is 0.481. The first-order chi connectivity index (χ1) is 16.5. The van der Waals surface area contributed by atoms with Crippen LogP contribution in [0.25, 0.3) is 16.7 Å². The van der Waals surface area contributed by atoms with Crippen molar-refractivity contribution in [3.05, 3.63) is 78.0 Å². The molecule has 0 bridgehead atoms. The normalized spacial score (nSPS) is 17.0. The van der Waals surface area contributed by atoms with Crippen molar-refractivity contribution in [2.75, 3.05) is 18.0 Å². The fraction of sp³-hybridized carbons (Fsp3) is 0.308. The molecule has 0 saturated carbocycles. The van der Waals surface area contributed by atoms with Gasteiger partial charge in [-0.1, -0.05) is 29.8 Å². The van der Waals surface area contributed by atoms with Gasteiger partial charge in [-0.25, -0.2) is 19.0 Å². The van der Waals surface area contributed by atoms with Crippen molar-refractivity contribution in [3.8, 4) is 5.69 Å². The minimum absolute atomic E-state index is 0.00201. The second kappa shape index (κ2) is 9.21. The molecule has 1 aliphatic heterocycles. The number of benzene rings is 2. The maximum absolute atomic E-state index is 13.2. The zero-order chi connectivity index (χ0) is 23.7. The summed E-state index contributed by atoms with van der Waals surface area (Å²) in [7, 11) is 0. The van der Waals surface area contributed by atoms with Gasteiger partial charge in [-0.05, 0) is 56.5 Å². The number of fused-ring (bicyclic) bond motifs is 1. The first kappa shape index (κ1) is 22.0. The van der Waals surface area contributed by atoms with Crippen molar-refractivity contribution < 1.29 is 9.18 Å². The molecule has 34 heavy (non-hydrogen) atoms. The monoisotopic (exact) mass is 458 g/mol. The summed E-state index contributed by atoms with van der Waals surface area (Å²) in [5, 5.41) is 8.59. The zero-order valence-electron chi connectivity index (χ0n) is 19.3. The average Bonchev–Trinajstić information content (AvgIpc) is 3.29. The predicted octanol–water partition coefficient (Wildman–Crippen LogP) is 4.36. The second-order valence-electron chi connectivity index (χ2n) is 8.91. The molecule has 1 N–H and O–H groups in total. The van der Waals surface area contributed by atoms with Crippen molar-refractivity contribution in [1.82, 2.24) is 25.1 Å². The van der Waals surface area contributed by atoms with Crippen LogP contribution in [0.1, 0.15) is 36.9 Å². The lowest BCUT2D eigenvalue weighted by atomic mass is 9.96. The van der Waals surface area contributed by atoms with Gasteiger partial charge in [-0.15, -0.1) is 5.10 Å². The van der Waals surface area contributed by atoms with Crippen LogP contribution in [-0.4, -0.2) is 38.7 Å². The number of carbonyl (C=O) groups excluding carboxylic acids is 1. The maximum atomic E-state index is 13.2. The van der Waals surface area contributed by atoms with Crippen LogP contribution in [0.2, 0.25) is 0 Å². The van der Waals surface area contributed by atoms with Gasteiger partial charge < -0.3 is 10.2 Å². The van der Waals surface area contributed by atoms with Crippen molar-refractivity contribution in [1.29, 1.82) is 0 Å². The first-order valence-electron chi connectivity index (χ1n) is 11.6. The van der Waals surface area contributed by atoms with Crippen LogP contribution in [-0.2, 0) is 4.79 Å². The van der Waals surface area contributed by atoms with Gasteiger partial charge in [0.25, 0.3) is 0 Å². The van der Waals surface area contributed by atoms with Gasteiger partial charge in [0.15, 0.2) is 5.65 Å². The van der Waals surface area contributed by atoms with E-state index in [-0.39, 0.29) is 23.7 Å². The SMILES string of the molecule is Cc1ccc(-n2cc3c(N4CCCC(C(=O)NC(C)c5ccc(F)cc5)C4)ncnc3n2)cc1.